The van der Waals surface area contributed by atoms with E-state index in [1.165, 1.54) is 21.3 Å². The van der Waals surface area contributed by atoms with E-state index < -0.39 is 5.97 Å². The average molecular weight is 326 g/mol. The van der Waals surface area contributed by atoms with E-state index in [1.807, 2.05) is 0 Å². The first kappa shape index (κ1) is 17.7. The van der Waals surface area contributed by atoms with Gasteiger partial charge in [0.1, 0.15) is 0 Å². The number of rotatable bonds is 6. The molecule has 1 rings (SSSR count). The van der Waals surface area contributed by atoms with E-state index in [4.69, 9.17) is 21.7 Å². The standard InChI is InChI=1S/C14H18N2O5S/c1-19-10-5-4-9(8-11(10)20-2)15-14(22)16-12(17)6-7-13(18)21-3/h4-5,8H,6-7H2,1-3H3,(H2,15,16,17,22). The second-order valence-corrected chi connectivity index (χ2v) is 4.56. The van der Waals surface area contributed by atoms with Gasteiger partial charge in [-0.1, -0.05) is 0 Å². The first-order valence-electron chi connectivity index (χ1n) is 6.39. The molecular weight excluding hydrogens is 308 g/mol. The van der Waals surface area contributed by atoms with Crippen LogP contribution in [0, 0.1) is 0 Å². The van der Waals surface area contributed by atoms with Crippen molar-refractivity contribution in [2.24, 2.45) is 0 Å². The lowest BCUT2D eigenvalue weighted by Gasteiger charge is -2.12. The summed E-state index contributed by atoms with van der Waals surface area (Å²) in [4.78, 5) is 22.5. The summed E-state index contributed by atoms with van der Waals surface area (Å²) in [6.07, 6.45) is 0.00172. The molecule has 0 atom stereocenters. The number of methoxy groups -OCH3 is 3. The molecule has 8 heteroatoms. The fourth-order valence-electron chi connectivity index (χ4n) is 1.58. The maximum absolute atomic E-state index is 11.6. The van der Waals surface area contributed by atoms with Crippen molar-refractivity contribution >= 4 is 34.9 Å². The average Bonchev–Trinajstić information content (AvgIpc) is 2.52. The van der Waals surface area contributed by atoms with Crippen LogP contribution in [0.3, 0.4) is 0 Å². The molecule has 0 radical (unpaired) electrons. The van der Waals surface area contributed by atoms with Gasteiger partial charge in [-0.25, -0.2) is 0 Å². The van der Waals surface area contributed by atoms with Crippen LogP contribution in [0.5, 0.6) is 11.5 Å². The number of anilines is 1. The van der Waals surface area contributed by atoms with Gasteiger partial charge in [0.25, 0.3) is 0 Å². The van der Waals surface area contributed by atoms with Gasteiger partial charge in [0.15, 0.2) is 16.6 Å². The Morgan fingerprint density at radius 3 is 2.36 bits per heavy atom. The van der Waals surface area contributed by atoms with Crippen LogP contribution in [0.2, 0.25) is 0 Å². The molecule has 0 saturated heterocycles. The topological polar surface area (TPSA) is 85.9 Å². The van der Waals surface area contributed by atoms with Crippen LogP contribution in [0.1, 0.15) is 12.8 Å². The summed E-state index contributed by atoms with van der Waals surface area (Å²) in [6.45, 7) is 0. The van der Waals surface area contributed by atoms with E-state index >= 15 is 0 Å². The molecular formula is C14H18N2O5S. The molecule has 0 saturated carbocycles. The molecule has 0 aliphatic heterocycles. The Morgan fingerprint density at radius 2 is 1.77 bits per heavy atom. The normalized spacial score (nSPS) is 9.59. The third-order valence-electron chi connectivity index (χ3n) is 2.68. The maximum atomic E-state index is 11.6. The van der Waals surface area contributed by atoms with Gasteiger partial charge in [-0.05, 0) is 24.4 Å². The molecule has 7 nitrogen and oxygen atoms in total. The highest BCUT2D eigenvalue weighted by molar-refractivity contribution is 7.80. The number of esters is 1. The molecule has 2 N–H and O–H groups in total. The number of carbonyl (C=O) groups is 2. The van der Waals surface area contributed by atoms with Gasteiger partial charge in [-0.2, -0.15) is 0 Å². The largest absolute Gasteiger partial charge is 0.493 e. The summed E-state index contributed by atoms with van der Waals surface area (Å²) in [5.74, 6) is 0.297. The van der Waals surface area contributed by atoms with Crippen molar-refractivity contribution in [3.63, 3.8) is 0 Å². The van der Waals surface area contributed by atoms with Crippen LogP contribution in [0.4, 0.5) is 5.69 Å². The molecule has 1 amide bonds. The van der Waals surface area contributed by atoms with Gasteiger partial charge in [-0.3, -0.25) is 9.59 Å². The zero-order chi connectivity index (χ0) is 16.5. The van der Waals surface area contributed by atoms with Gasteiger partial charge >= 0.3 is 5.97 Å². The van der Waals surface area contributed by atoms with Crippen molar-refractivity contribution in [1.82, 2.24) is 5.32 Å². The number of hydrogen-bond acceptors (Lipinski definition) is 6. The summed E-state index contributed by atoms with van der Waals surface area (Å²) in [5.41, 5.74) is 0.635. The Morgan fingerprint density at radius 1 is 1.09 bits per heavy atom. The van der Waals surface area contributed by atoms with Crippen LogP contribution in [0.15, 0.2) is 18.2 Å². The Hall–Kier alpha value is -2.35. The molecule has 0 spiro atoms. The first-order valence-corrected chi connectivity index (χ1v) is 6.80. The monoisotopic (exact) mass is 326 g/mol. The fraction of sp³-hybridized carbons (Fsp3) is 0.357. The Balaban J connectivity index is 2.54. The van der Waals surface area contributed by atoms with Crippen LogP contribution >= 0.6 is 12.2 Å². The van der Waals surface area contributed by atoms with Gasteiger partial charge in [0.05, 0.1) is 27.8 Å². The van der Waals surface area contributed by atoms with E-state index in [1.54, 1.807) is 18.2 Å². The van der Waals surface area contributed by atoms with E-state index in [0.717, 1.165) is 0 Å². The molecule has 22 heavy (non-hydrogen) atoms. The number of nitrogens with one attached hydrogen (secondary N) is 2. The van der Waals surface area contributed by atoms with Crippen molar-refractivity contribution in [2.45, 2.75) is 12.8 Å². The van der Waals surface area contributed by atoms with Crippen LogP contribution < -0.4 is 20.1 Å². The van der Waals surface area contributed by atoms with Gasteiger partial charge in [0.2, 0.25) is 5.91 Å². The van der Waals surface area contributed by atoms with Crippen LogP contribution in [0.25, 0.3) is 0 Å². The predicted molar refractivity (Wildman–Crippen MR) is 85.2 cm³/mol. The summed E-state index contributed by atoms with van der Waals surface area (Å²) in [7, 11) is 4.33. The van der Waals surface area contributed by atoms with Crippen molar-refractivity contribution in [3.8, 4) is 11.5 Å². The quantitative estimate of drug-likeness (QED) is 0.605. The van der Waals surface area contributed by atoms with Crippen molar-refractivity contribution in [2.75, 3.05) is 26.6 Å². The van der Waals surface area contributed by atoms with Gasteiger partial charge in [-0.15, -0.1) is 0 Å². The molecule has 1 aromatic carbocycles. The molecule has 0 aliphatic rings. The number of amides is 1. The summed E-state index contributed by atoms with van der Waals surface area (Å²) in [6, 6.07) is 5.13. The van der Waals surface area contributed by atoms with Crippen molar-refractivity contribution in [1.29, 1.82) is 0 Å². The highest BCUT2D eigenvalue weighted by atomic mass is 32.1. The molecule has 0 unspecified atom stereocenters. The Kier molecular flexibility index (Phi) is 7.11. The van der Waals surface area contributed by atoms with E-state index in [2.05, 4.69) is 15.4 Å². The molecule has 120 valence electrons. The van der Waals surface area contributed by atoms with Gasteiger partial charge < -0.3 is 24.8 Å². The number of hydrogen-bond donors (Lipinski definition) is 2. The fourth-order valence-corrected chi connectivity index (χ4v) is 1.81. The second kappa shape index (κ2) is 8.83. The maximum Gasteiger partial charge on any atom is 0.306 e. The minimum atomic E-state index is -0.450. The minimum absolute atomic E-state index is 0.000424. The number of benzene rings is 1. The molecule has 0 fully saturated rings. The summed E-state index contributed by atoms with van der Waals surface area (Å²) in [5, 5.41) is 5.45. The highest BCUT2D eigenvalue weighted by Gasteiger charge is 2.10. The van der Waals surface area contributed by atoms with E-state index in [9.17, 15) is 9.59 Å². The Labute approximate surface area is 133 Å². The molecule has 0 aromatic heterocycles. The highest BCUT2D eigenvalue weighted by Crippen LogP contribution is 2.29. The van der Waals surface area contributed by atoms with E-state index in [0.29, 0.717) is 17.2 Å². The summed E-state index contributed by atoms with van der Waals surface area (Å²) < 4.78 is 14.8. The number of ether oxygens (including phenoxy) is 3. The predicted octanol–water partition coefficient (Wildman–Crippen LogP) is 1.47. The van der Waals surface area contributed by atoms with Crippen molar-refractivity contribution in [3.05, 3.63) is 18.2 Å². The Bertz CT molecular complexity index is 562. The zero-order valence-corrected chi connectivity index (χ0v) is 13.4. The third kappa shape index (κ3) is 5.57. The summed E-state index contributed by atoms with van der Waals surface area (Å²) >= 11 is 5.03. The van der Waals surface area contributed by atoms with Crippen LogP contribution in [-0.2, 0) is 14.3 Å². The number of carbonyl (C=O) groups excluding carboxylic acids is 2. The van der Waals surface area contributed by atoms with E-state index in [-0.39, 0.29) is 23.9 Å². The van der Waals surface area contributed by atoms with Gasteiger partial charge in [0, 0.05) is 18.2 Å². The lowest BCUT2D eigenvalue weighted by atomic mass is 10.2. The molecule has 0 bridgehead atoms. The molecule has 1 aromatic rings. The smallest absolute Gasteiger partial charge is 0.306 e. The third-order valence-corrected chi connectivity index (χ3v) is 2.88. The van der Waals surface area contributed by atoms with Crippen molar-refractivity contribution < 1.29 is 23.8 Å². The SMILES string of the molecule is COC(=O)CCC(=O)NC(=S)Nc1ccc(OC)c(OC)c1. The minimum Gasteiger partial charge on any atom is -0.493 e. The lowest BCUT2D eigenvalue weighted by molar-refractivity contribution is -0.142. The van der Waals surface area contributed by atoms with Crippen LogP contribution in [-0.4, -0.2) is 38.3 Å². The first-order chi connectivity index (χ1) is 10.5. The molecule has 0 aliphatic carbocycles. The zero-order valence-electron chi connectivity index (χ0n) is 12.6. The second-order valence-electron chi connectivity index (χ2n) is 4.15. The number of thiocarbonyl (C=S) groups is 1. The lowest BCUT2D eigenvalue weighted by Crippen LogP contribution is -2.34. The molecule has 0 heterocycles.